The molecular formula is C17H27N4S+. The molecule has 2 N–H and O–H groups in total. The van der Waals surface area contributed by atoms with E-state index < -0.39 is 0 Å². The summed E-state index contributed by atoms with van der Waals surface area (Å²) in [6, 6.07) is 0. The van der Waals surface area contributed by atoms with Crippen LogP contribution in [0, 0.1) is 13.8 Å². The lowest BCUT2D eigenvalue weighted by atomic mass is 9.98. The summed E-state index contributed by atoms with van der Waals surface area (Å²) in [6.45, 7) is 12.6. The molecule has 1 aliphatic rings. The fourth-order valence-electron chi connectivity index (χ4n) is 3.40. The molecule has 1 fully saturated rings. The molecule has 1 aliphatic heterocycles. The summed E-state index contributed by atoms with van der Waals surface area (Å²) in [6.07, 6.45) is 5.80. The maximum atomic E-state index is 4.50. The molecule has 3 rings (SSSR count). The van der Waals surface area contributed by atoms with Gasteiger partial charge in [0.1, 0.15) is 22.5 Å². The van der Waals surface area contributed by atoms with Crippen LogP contribution in [0.3, 0.4) is 0 Å². The lowest BCUT2D eigenvalue weighted by molar-refractivity contribution is -0.951. The highest BCUT2D eigenvalue weighted by atomic mass is 32.1. The minimum Gasteiger partial charge on any atom is -0.363 e. The number of rotatable bonds is 4. The molecule has 0 unspecified atom stereocenters. The number of aromatic nitrogens is 2. The molecule has 2 aromatic heterocycles. The largest absolute Gasteiger partial charge is 0.363 e. The zero-order chi connectivity index (χ0) is 15.7. The third-order valence-electron chi connectivity index (χ3n) is 5.08. The maximum Gasteiger partial charge on any atom is 0.138 e. The molecule has 4 nitrogen and oxygen atoms in total. The highest BCUT2D eigenvalue weighted by Gasteiger charge is 2.32. The van der Waals surface area contributed by atoms with E-state index in [0.29, 0.717) is 0 Å². The van der Waals surface area contributed by atoms with Crippen LogP contribution in [0.1, 0.15) is 43.6 Å². The minimum atomic E-state index is 0.233. The number of anilines is 1. The monoisotopic (exact) mass is 319 g/mol. The first-order chi connectivity index (χ1) is 10.5. The van der Waals surface area contributed by atoms with Gasteiger partial charge in [-0.15, -0.1) is 11.3 Å². The van der Waals surface area contributed by atoms with E-state index in [1.807, 2.05) is 0 Å². The second-order valence-corrected chi connectivity index (χ2v) is 8.29. The second-order valence-electron chi connectivity index (χ2n) is 7.09. The summed E-state index contributed by atoms with van der Waals surface area (Å²) in [4.78, 5) is 13.1. The van der Waals surface area contributed by atoms with E-state index in [-0.39, 0.29) is 5.54 Å². The van der Waals surface area contributed by atoms with Gasteiger partial charge >= 0.3 is 0 Å². The lowest BCUT2D eigenvalue weighted by Crippen LogP contribution is -3.20. The number of nitrogens with one attached hydrogen (secondary N) is 2. The highest BCUT2D eigenvalue weighted by molar-refractivity contribution is 7.18. The van der Waals surface area contributed by atoms with Gasteiger partial charge in [-0.25, -0.2) is 9.97 Å². The van der Waals surface area contributed by atoms with Crippen LogP contribution in [-0.2, 0) is 0 Å². The quantitative estimate of drug-likeness (QED) is 0.910. The van der Waals surface area contributed by atoms with Crippen LogP contribution in [0.4, 0.5) is 5.82 Å². The number of likely N-dealkylation sites (tertiary alicyclic amines) is 1. The Labute approximate surface area is 137 Å². The van der Waals surface area contributed by atoms with Gasteiger partial charge in [-0.05, 0) is 52.5 Å². The Bertz CT molecular complexity index is 656. The predicted molar refractivity (Wildman–Crippen MR) is 94.0 cm³/mol. The van der Waals surface area contributed by atoms with Gasteiger partial charge in [0.05, 0.1) is 25.0 Å². The van der Waals surface area contributed by atoms with E-state index in [1.54, 1.807) is 22.6 Å². The third kappa shape index (κ3) is 2.97. The van der Waals surface area contributed by atoms with Crippen LogP contribution in [0.5, 0.6) is 0 Å². The molecule has 1 saturated heterocycles. The number of piperidine rings is 1. The van der Waals surface area contributed by atoms with Crippen molar-refractivity contribution in [2.45, 2.75) is 52.5 Å². The number of hydrogen-bond donors (Lipinski definition) is 2. The number of fused-ring (bicyclic) bond motifs is 1. The van der Waals surface area contributed by atoms with E-state index in [1.165, 1.54) is 48.2 Å². The molecule has 0 radical (unpaired) electrons. The number of nitrogens with zero attached hydrogens (tertiary/aromatic N) is 2. The standard InChI is InChI=1S/C17H26N4S/c1-12-13(2)22-16-14(12)15(19-11-20-16)18-10-17(3,4)21-8-6-5-7-9-21/h11H,5-10H2,1-4H3,(H,18,19,20)/p+1. The van der Waals surface area contributed by atoms with Gasteiger partial charge in [-0.1, -0.05) is 0 Å². The van der Waals surface area contributed by atoms with Crippen molar-refractivity contribution in [2.75, 3.05) is 25.0 Å². The van der Waals surface area contributed by atoms with Crippen molar-refractivity contribution >= 4 is 27.4 Å². The van der Waals surface area contributed by atoms with E-state index in [2.05, 4.69) is 43.0 Å². The Kier molecular flexibility index (Phi) is 4.37. The van der Waals surface area contributed by atoms with Crippen molar-refractivity contribution in [1.82, 2.24) is 9.97 Å². The lowest BCUT2D eigenvalue weighted by Gasteiger charge is -2.38. The molecule has 0 saturated carbocycles. The molecule has 2 aromatic rings. The average molecular weight is 319 g/mol. The van der Waals surface area contributed by atoms with Crippen LogP contribution in [0.25, 0.3) is 10.2 Å². The van der Waals surface area contributed by atoms with E-state index in [4.69, 9.17) is 0 Å². The fourth-order valence-corrected chi connectivity index (χ4v) is 4.40. The average Bonchev–Trinajstić information content (AvgIpc) is 2.82. The first-order valence-corrected chi connectivity index (χ1v) is 9.10. The molecule has 3 heterocycles. The van der Waals surface area contributed by atoms with Crippen molar-refractivity contribution in [3.8, 4) is 0 Å². The number of aryl methyl sites for hydroxylation is 2. The Balaban J connectivity index is 1.78. The van der Waals surface area contributed by atoms with Crippen molar-refractivity contribution in [1.29, 1.82) is 0 Å². The summed E-state index contributed by atoms with van der Waals surface area (Å²) in [5, 5.41) is 4.82. The zero-order valence-corrected chi connectivity index (χ0v) is 14.9. The number of thiophene rings is 1. The Morgan fingerprint density at radius 2 is 1.91 bits per heavy atom. The van der Waals surface area contributed by atoms with Crippen LogP contribution < -0.4 is 10.2 Å². The highest BCUT2D eigenvalue weighted by Crippen LogP contribution is 2.32. The van der Waals surface area contributed by atoms with Gasteiger partial charge in [0.15, 0.2) is 0 Å². The van der Waals surface area contributed by atoms with E-state index in [9.17, 15) is 0 Å². The molecule has 22 heavy (non-hydrogen) atoms. The van der Waals surface area contributed by atoms with Crippen LogP contribution in [-0.4, -0.2) is 35.1 Å². The molecule has 0 amide bonds. The number of quaternary nitrogens is 1. The predicted octanol–water partition coefficient (Wildman–Crippen LogP) is 2.57. The summed E-state index contributed by atoms with van der Waals surface area (Å²) in [7, 11) is 0. The van der Waals surface area contributed by atoms with Gasteiger partial charge in [-0.2, -0.15) is 0 Å². The molecule has 0 atom stereocenters. The Hall–Kier alpha value is -1.20. The third-order valence-corrected chi connectivity index (χ3v) is 6.19. The van der Waals surface area contributed by atoms with Crippen LogP contribution in [0.15, 0.2) is 6.33 Å². The number of hydrogen-bond acceptors (Lipinski definition) is 4. The fraction of sp³-hybridized carbons (Fsp3) is 0.647. The SMILES string of the molecule is Cc1sc2ncnc(NCC(C)(C)[NH+]3CCCCC3)c2c1C. The summed E-state index contributed by atoms with van der Waals surface area (Å²) in [5.74, 6) is 0.997. The van der Waals surface area contributed by atoms with Gasteiger partial charge in [0.25, 0.3) is 0 Å². The van der Waals surface area contributed by atoms with Crippen molar-refractivity contribution in [2.24, 2.45) is 0 Å². The topological polar surface area (TPSA) is 42.2 Å². The molecule has 5 heteroatoms. The first-order valence-electron chi connectivity index (χ1n) is 8.29. The van der Waals surface area contributed by atoms with Gasteiger partial charge in [-0.3, -0.25) is 0 Å². The zero-order valence-electron chi connectivity index (χ0n) is 14.1. The normalized spacial score (nSPS) is 17.1. The second kappa shape index (κ2) is 6.13. The summed E-state index contributed by atoms with van der Waals surface area (Å²) in [5.41, 5.74) is 1.54. The summed E-state index contributed by atoms with van der Waals surface area (Å²) < 4.78 is 0. The van der Waals surface area contributed by atoms with E-state index in [0.717, 1.165) is 17.2 Å². The molecule has 0 aromatic carbocycles. The molecule has 0 bridgehead atoms. The summed E-state index contributed by atoms with van der Waals surface area (Å²) >= 11 is 1.76. The van der Waals surface area contributed by atoms with Gasteiger partial charge in [0.2, 0.25) is 0 Å². The molecule has 120 valence electrons. The first kappa shape index (κ1) is 15.7. The minimum absolute atomic E-state index is 0.233. The molecule has 0 spiro atoms. The Morgan fingerprint density at radius 3 is 2.64 bits per heavy atom. The van der Waals surface area contributed by atoms with E-state index >= 15 is 0 Å². The van der Waals surface area contributed by atoms with Crippen molar-refractivity contribution in [3.63, 3.8) is 0 Å². The molecule has 0 aliphatic carbocycles. The maximum absolute atomic E-state index is 4.50. The van der Waals surface area contributed by atoms with Gasteiger partial charge < -0.3 is 10.2 Å². The van der Waals surface area contributed by atoms with Crippen LogP contribution in [0.2, 0.25) is 0 Å². The molecular weight excluding hydrogens is 292 g/mol. The van der Waals surface area contributed by atoms with Crippen molar-refractivity contribution < 1.29 is 4.90 Å². The van der Waals surface area contributed by atoms with Crippen LogP contribution >= 0.6 is 11.3 Å². The Morgan fingerprint density at radius 1 is 1.18 bits per heavy atom. The van der Waals surface area contributed by atoms with Gasteiger partial charge in [0, 0.05) is 4.88 Å². The van der Waals surface area contributed by atoms with Crippen molar-refractivity contribution in [3.05, 3.63) is 16.8 Å². The smallest absolute Gasteiger partial charge is 0.138 e.